The van der Waals surface area contributed by atoms with Crippen LogP contribution in [0.25, 0.3) is 21.3 Å². The molecule has 3 rings (SSSR count). The number of carboxylic acid groups (broad SMARTS) is 1. The molecular weight excluding hydrogens is 336 g/mol. The van der Waals surface area contributed by atoms with Gasteiger partial charge in [-0.2, -0.15) is 0 Å². The number of nitrogens with zero attached hydrogens (tertiary/aromatic N) is 2. The third-order valence-electron chi connectivity index (χ3n) is 4.38. The second kappa shape index (κ2) is 6.11. The zero-order chi connectivity index (χ0) is 18.4. The van der Waals surface area contributed by atoms with Crippen LogP contribution in [-0.4, -0.2) is 20.6 Å². The Morgan fingerprint density at radius 2 is 2.00 bits per heavy atom. The summed E-state index contributed by atoms with van der Waals surface area (Å²) in [7, 11) is 0. The van der Waals surface area contributed by atoms with Gasteiger partial charge in [0.05, 0.1) is 17.1 Å². The summed E-state index contributed by atoms with van der Waals surface area (Å²) in [6, 6.07) is 6.12. The lowest BCUT2D eigenvalue weighted by molar-refractivity contribution is -0.147. The van der Waals surface area contributed by atoms with Crippen LogP contribution in [0.5, 0.6) is 0 Å². The molecule has 0 amide bonds. The molecule has 5 nitrogen and oxygen atoms in total. The molecule has 0 saturated heterocycles. The molecule has 0 aliphatic heterocycles. The highest BCUT2D eigenvalue weighted by molar-refractivity contribution is 7.17. The van der Waals surface area contributed by atoms with Gasteiger partial charge in [-0.3, -0.25) is 14.2 Å². The van der Waals surface area contributed by atoms with E-state index in [0.29, 0.717) is 10.2 Å². The van der Waals surface area contributed by atoms with E-state index in [1.807, 2.05) is 31.4 Å². The molecule has 0 aliphatic rings. The first kappa shape index (κ1) is 17.4. The Labute approximate surface area is 149 Å². The van der Waals surface area contributed by atoms with Crippen LogP contribution in [0, 0.1) is 19.3 Å². The van der Waals surface area contributed by atoms with Crippen LogP contribution in [0.2, 0.25) is 0 Å². The Hall–Kier alpha value is -2.47. The van der Waals surface area contributed by atoms with Gasteiger partial charge in [0.2, 0.25) is 0 Å². The second-order valence-corrected chi connectivity index (χ2v) is 7.87. The molecule has 1 N–H and O–H groups in total. The monoisotopic (exact) mass is 356 g/mol. The Kier molecular flexibility index (Phi) is 4.24. The van der Waals surface area contributed by atoms with Crippen molar-refractivity contribution >= 4 is 27.5 Å². The third kappa shape index (κ3) is 3.09. The van der Waals surface area contributed by atoms with Crippen molar-refractivity contribution in [3.63, 3.8) is 0 Å². The lowest BCUT2D eigenvalue weighted by Gasteiger charge is -2.20. The summed E-state index contributed by atoms with van der Waals surface area (Å²) in [6.45, 7) is 7.33. The summed E-state index contributed by atoms with van der Waals surface area (Å²) in [5.41, 5.74) is 2.88. The molecular formula is C19H20N2O3S. The highest BCUT2D eigenvalue weighted by Gasteiger charge is 2.28. The smallest absolute Gasteiger partial charge is 0.310 e. The summed E-state index contributed by atoms with van der Waals surface area (Å²) in [6.07, 6.45) is 1.44. The highest BCUT2D eigenvalue weighted by atomic mass is 32.1. The van der Waals surface area contributed by atoms with E-state index in [0.717, 1.165) is 16.7 Å². The molecule has 0 spiro atoms. The van der Waals surface area contributed by atoms with E-state index in [-0.39, 0.29) is 12.1 Å². The number of aliphatic carboxylic acids is 1. The van der Waals surface area contributed by atoms with E-state index in [2.05, 4.69) is 11.1 Å². The van der Waals surface area contributed by atoms with Gasteiger partial charge in [-0.05, 0) is 38.8 Å². The van der Waals surface area contributed by atoms with Gasteiger partial charge in [0.25, 0.3) is 5.56 Å². The summed E-state index contributed by atoms with van der Waals surface area (Å²) in [4.78, 5) is 29.4. The van der Waals surface area contributed by atoms with Crippen LogP contribution in [0.3, 0.4) is 0 Å². The number of aromatic nitrogens is 2. The van der Waals surface area contributed by atoms with Gasteiger partial charge in [0.1, 0.15) is 4.83 Å². The van der Waals surface area contributed by atoms with Crippen molar-refractivity contribution in [2.45, 2.75) is 34.2 Å². The van der Waals surface area contributed by atoms with Crippen molar-refractivity contribution in [2.24, 2.45) is 5.41 Å². The first-order valence-corrected chi connectivity index (χ1v) is 8.86. The summed E-state index contributed by atoms with van der Waals surface area (Å²) < 4.78 is 1.40. The van der Waals surface area contributed by atoms with E-state index in [9.17, 15) is 14.7 Å². The first-order chi connectivity index (χ1) is 11.7. The molecule has 0 fully saturated rings. The predicted molar refractivity (Wildman–Crippen MR) is 100 cm³/mol. The summed E-state index contributed by atoms with van der Waals surface area (Å²) >= 11 is 1.43. The van der Waals surface area contributed by atoms with Gasteiger partial charge >= 0.3 is 5.97 Å². The lowest BCUT2D eigenvalue weighted by Crippen LogP contribution is -2.34. The van der Waals surface area contributed by atoms with Crippen molar-refractivity contribution in [1.82, 2.24) is 9.55 Å². The number of rotatable bonds is 4. The summed E-state index contributed by atoms with van der Waals surface area (Å²) in [5, 5.41) is 11.8. The lowest BCUT2D eigenvalue weighted by atomic mass is 9.93. The van der Waals surface area contributed by atoms with Gasteiger partial charge in [-0.25, -0.2) is 4.98 Å². The quantitative estimate of drug-likeness (QED) is 0.771. The van der Waals surface area contributed by atoms with E-state index >= 15 is 0 Å². The molecule has 0 unspecified atom stereocenters. The first-order valence-electron chi connectivity index (χ1n) is 7.98. The highest BCUT2D eigenvalue weighted by Crippen LogP contribution is 2.33. The van der Waals surface area contributed by atoms with Crippen molar-refractivity contribution in [3.05, 3.63) is 51.4 Å². The number of benzene rings is 1. The van der Waals surface area contributed by atoms with Crippen LogP contribution in [0.4, 0.5) is 0 Å². The maximum absolute atomic E-state index is 13.0. The third-order valence-corrected chi connectivity index (χ3v) is 5.26. The van der Waals surface area contributed by atoms with Gasteiger partial charge in [-0.1, -0.05) is 23.8 Å². The molecule has 0 radical (unpaired) electrons. The molecule has 1 aromatic carbocycles. The standard InChI is InChI=1S/C19H20N2O3S/c1-11-5-6-13(12(2)7-11)14-8-25-16-15(14)17(22)21(10-20-16)9-19(3,4)18(23)24/h5-8,10H,9H2,1-4H3,(H,23,24). The number of aryl methyl sites for hydroxylation is 2. The Bertz CT molecular complexity index is 1030. The van der Waals surface area contributed by atoms with Gasteiger partial charge in [-0.15, -0.1) is 11.3 Å². The fourth-order valence-electron chi connectivity index (χ4n) is 2.89. The second-order valence-electron chi connectivity index (χ2n) is 7.01. The zero-order valence-corrected chi connectivity index (χ0v) is 15.5. The maximum Gasteiger partial charge on any atom is 0.310 e. The Morgan fingerprint density at radius 3 is 2.64 bits per heavy atom. The van der Waals surface area contributed by atoms with E-state index in [4.69, 9.17) is 0 Å². The number of fused-ring (bicyclic) bond motifs is 1. The molecule has 2 aromatic heterocycles. The van der Waals surface area contributed by atoms with Crippen LogP contribution in [0.15, 0.2) is 34.7 Å². The molecule has 130 valence electrons. The van der Waals surface area contributed by atoms with Crippen molar-refractivity contribution in [2.75, 3.05) is 0 Å². The average Bonchev–Trinajstić information content (AvgIpc) is 2.94. The van der Waals surface area contributed by atoms with E-state index in [1.54, 1.807) is 13.8 Å². The minimum Gasteiger partial charge on any atom is -0.481 e. The van der Waals surface area contributed by atoms with Gasteiger partial charge in [0.15, 0.2) is 0 Å². The normalized spacial score (nSPS) is 11.8. The molecule has 6 heteroatoms. The number of carbonyl (C=O) groups is 1. The maximum atomic E-state index is 13.0. The topological polar surface area (TPSA) is 72.2 Å². The molecule has 0 atom stereocenters. The zero-order valence-electron chi connectivity index (χ0n) is 14.7. The molecule has 0 saturated carbocycles. The largest absolute Gasteiger partial charge is 0.481 e. The van der Waals surface area contributed by atoms with E-state index in [1.165, 1.54) is 27.8 Å². The minimum atomic E-state index is -1.05. The molecule has 0 bridgehead atoms. The number of carboxylic acids is 1. The van der Waals surface area contributed by atoms with Crippen molar-refractivity contribution in [1.29, 1.82) is 0 Å². The SMILES string of the molecule is Cc1ccc(-c2csc3ncn(CC(C)(C)C(=O)O)c(=O)c23)c(C)c1. The van der Waals surface area contributed by atoms with Crippen LogP contribution >= 0.6 is 11.3 Å². The fourth-order valence-corrected chi connectivity index (χ4v) is 3.79. The predicted octanol–water partition coefficient (Wildman–Crippen LogP) is 3.85. The molecule has 3 aromatic rings. The fraction of sp³-hybridized carbons (Fsp3) is 0.316. The van der Waals surface area contributed by atoms with Crippen LogP contribution < -0.4 is 5.56 Å². The molecule has 2 heterocycles. The average molecular weight is 356 g/mol. The van der Waals surface area contributed by atoms with Crippen molar-refractivity contribution < 1.29 is 9.90 Å². The number of hydrogen-bond acceptors (Lipinski definition) is 4. The molecule has 0 aliphatic carbocycles. The Balaban J connectivity index is 2.19. The van der Waals surface area contributed by atoms with Crippen molar-refractivity contribution in [3.8, 4) is 11.1 Å². The minimum absolute atomic E-state index is 0.0757. The molecule has 25 heavy (non-hydrogen) atoms. The van der Waals surface area contributed by atoms with Gasteiger partial charge in [0, 0.05) is 17.5 Å². The van der Waals surface area contributed by atoms with Crippen LogP contribution in [-0.2, 0) is 11.3 Å². The summed E-state index contributed by atoms with van der Waals surface area (Å²) in [5.74, 6) is -0.945. The van der Waals surface area contributed by atoms with Gasteiger partial charge < -0.3 is 5.11 Å². The number of thiophene rings is 1. The van der Waals surface area contributed by atoms with Crippen LogP contribution in [0.1, 0.15) is 25.0 Å². The van der Waals surface area contributed by atoms with E-state index < -0.39 is 11.4 Å². The Morgan fingerprint density at radius 1 is 1.28 bits per heavy atom. The number of hydrogen-bond donors (Lipinski definition) is 1.